The summed E-state index contributed by atoms with van der Waals surface area (Å²) >= 11 is 6.13. The summed E-state index contributed by atoms with van der Waals surface area (Å²) in [7, 11) is 0. The van der Waals surface area contributed by atoms with Crippen molar-refractivity contribution in [3.63, 3.8) is 0 Å². The third kappa shape index (κ3) is 6.92. The van der Waals surface area contributed by atoms with Crippen LogP contribution < -0.4 is 4.74 Å². The van der Waals surface area contributed by atoms with E-state index < -0.39 is 5.60 Å². The van der Waals surface area contributed by atoms with Crippen LogP contribution in [0.5, 0.6) is 5.75 Å². The van der Waals surface area contributed by atoms with Crippen LogP contribution in [-0.2, 0) is 12.0 Å². The quantitative estimate of drug-likeness (QED) is 0.164. The van der Waals surface area contributed by atoms with Gasteiger partial charge in [0.1, 0.15) is 18.0 Å². The van der Waals surface area contributed by atoms with Crippen LogP contribution in [0.1, 0.15) is 52.1 Å². The van der Waals surface area contributed by atoms with Gasteiger partial charge in [-0.25, -0.2) is 0 Å². The van der Waals surface area contributed by atoms with Crippen LogP contribution in [0.25, 0.3) is 0 Å². The molecule has 44 heavy (non-hydrogen) atoms. The zero-order valence-corrected chi connectivity index (χ0v) is 26.0. The highest BCUT2D eigenvalue weighted by Gasteiger charge is 2.34. The predicted octanol–water partition coefficient (Wildman–Crippen LogP) is 8.80. The lowest BCUT2D eigenvalue weighted by Crippen LogP contribution is -2.37. The second kappa shape index (κ2) is 13.8. The predicted molar refractivity (Wildman–Crippen MR) is 181 cm³/mol. The Hall–Kier alpha value is -3.89. The van der Waals surface area contributed by atoms with Crippen molar-refractivity contribution in [3.05, 3.63) is 172 Å². The number of benzene rings is 5. The molecule has 0 aromatic heterocycles. The third-order valence-electron chi connectivity index (χ3n) is 9.00. The van der Waals surface area contributed by atoms with Crippen molar-refractivity contribution >= 4 is 11.6 Å². The van der Waals surface area contributed by atoms with E-state index in [9.17, 15) is 5.11 Å². The molecule has 0 aliphatic carbocycles. The summed E-state index contributed by atoms with van der Waals surface area (Å²) in [6.45, 7) is 4.62. The van der Waals surface area contributed by atoms with E-state index in [1.165, 1.54) is 24.0 Å². The molecule has 0 amide bonds. The maximum atomic E-state index is 12.2. The first kappa shape index (κ1) is 30.1. The topological polar surface area (TPSA) is 32.7 Å². The fraction of sp³-hybridized carbons (Fsp3) is 0.250. The molecule has 4 heteroatoms. The van der Waals surface area contributed by atoms with Crippen LogP contribution >= 0.6 is 11.6 Å². The number of hydrogen-bond donors (Lipinski definition) is 1. The van der Waals surface area contributed by atoms with Crippen molar-refractivity contribution in [2.24, 2.45) is 0 Å². The van der Waals surface area contributed by atoms with Crippen LogP contribution in [0.3, 0.4) is 0 Å². The van der Waals surface area contributed by atoms with Crippen LogP contribution in [-0.4, -0.2) is 35.7 Å². The molecule has 224 valence electrons. The van der Waals surface area contributed by atoms with E-state index in [1.54, 1.807) is 0 Å². The Bertz CT molecular complexity index is 1570. The van der Waals surface area contributed by atoms with Gasteiger partial charge in [0, 0.05) is 29.9 Å². The standard InChI is InChI=1S/C40H40ClNO2/c1-30-14-18-34(19-15-30)40(43,29-31-16-22-36(41)23-17-31)35-20-24-37(25-21-35)44-28-27-42-26-8-13-38(42)39(32-9-4-2-5-10-32)33-11-6-3-7-12-33/h2-7,9-12,14-25,38-39,43H,8,13,26-29H2,1H3/t38-,40?/m0/s1. The highest BCUT2D eigenvalue weighted by atomic mass is 35.5. The number of rotatable bonds is 11. The monoisotopic (exact) mass is 601 g/mol. The van der Waals surface area contributed by atoms with Gasteiger partial charge in [0.15, 0.2) is 0 Å². The number of halogens is 1. The fourth-order valence-electron chi connectivity index (χ4n) is 6.67. The Morgan fingerprint density at radius 1 is 0.773 bits per heavy atom. The molecule has 1 aliphatic heterocycles. The number of hydrogen-bond acceptors (Lipinski definition) is 3. The lowest BCUT2D eigenvalue weighted by atomic mass is 9.81. The summed E-state index contributed by atoms with van der Waals surface area (Å²) in [5, 5.41) is 12.9. The molecule has 1 heterocycles. The van der Waals surface area contributed by atoms with Crippen LogP contribution in [0, 0.1) is 6.92 Å². The third-order valence-corrected chi connectivity index (χ3v) is 9.25. The summed E-state index contributed by atoms with van der Waals surface area (Å²) in [6, 6.07) is 46.0. The number of aliphatic hydroxyl groups is 1. The average molecular weight is 602 g/mol. The Morgan fingerprint density at radius 3 is 1.93 bits per heavy atom. The van der Waals surface area contributed by atoms with E-state index >= 15 is 0 Å². The molecular weight excluding hydrogens is 562 g/mol. The zero-order chi connectivity index (χ0) is 30.4. The largest absolute Gasteiger partial charge is 0.492 e. The zero-order valence-electron chi connectivity index (χ0n) is 25.3. The van der Waals surface area contributed by atoms with Crippen molar-refractivity contribution in [3.8, 4) is 5.75 Å². The number of ether oxygens (including phenoxy) is 1. The van der Waals surface area contributed by atoms with Crippen LogP contribution in [0.15, 0.2) is 133 Å². The maximum Gasteiger partial charge on any atom is 0.119 e. The van der Waals surface area contributed by atoms with Crippen LogP contribution in [0.4, 0.5) is 0 Å². The van der Waals surface area contributed by atoms with Crippen molar-refractivity contribution in [2.75, 3.05) is 19.7 Å². The van der Waals surface area contributed by atoms with Gasteiger partial charge in [-0.05, 0) is 78.4 Å². The average Bonchev–Trinajstić information content (AvgIpc) is 3.51. The summed E-state index contributed by atoms with van der Waals surface area (Å²) in [4.78, 5) is 2.60. The first-order chi connectivity index (χ1) is 21.5. The lowest BCUT2D eigenvalue weighted by molar-refractivity contribution is 0.0810. The van der Waals surface area contributed by atoms with E-state index in [0.717, 1.165) is 41.1 Å². The van der Waals surface area contributed by atoms with Gasteiger partial charge >= 0.3 is 0 Å². The molecular formula is C40H40ClNO2. The minimum Gasteiger partial charge on any atom is -0.492 e. The summed E-state index contributed by atoms with van der Waals surface area (Å²) in [5.41, 5.74) is 5.41. The van der Waals surface area contributed by atoms with Crippen molar-refractivity contribution in [2.45, 2.75) is 43.7 Å². The Morgan fingerprint density at radius 2 is 1.34 bits per heavy atom. The molecule has 2 atom stereocenters. The minimum atomic E-state index is -1.19. The first-order valence-corrected chi connectivity index (χ1v) is 16.0. The minimum absolute atomic E-state index is 0.333. The van der Waals surface area contributed by atoms with E-state index in [4.69, 9.17) is 16.3 Å². The van der Waals surface area contributed by atoms with Gasteiger partial charge in [-0.2, -0.15) is 0 Å². The van der Waals surface area contributed by atoms with E-state index in [1.807, 2.05) is 72.8 Å². The summed E-state index contributed by atoms with van der Waals surface area (Å²) in [5.74, 6) is 1.14. The molecule has 5 aromatic carbocycles. The molecule has 0 saturated carbocycles. The van der Waals surface area contributed by atoms with E-state index in [-0.39, 0.29) is 0 Å². The number of likely N-dealkylation sites (tertiary alicyclic amines) is 1. The van der Waals surface area contributed by atoms with Gasteiger partial charge in [-0.3, -0.25) is 4.90 Å². The first-order valence-electron chi connectivity index (χ1n) is 15.6. The van der Waals surface area contributed by atoms with Gasteiger partial charge in [0.2, 0.25) is 0 Å². The van der Waals surface area contributed by atoms with Gasteiger partial charge < -0.3 is 9.84 Å². The lowest BCUT2D eigenvalue weighted by Gasteiger charge is -2.32. The maximum absolute atomic E-state index is 12.2. The Kier molecular flexibility index (Phi) is 9.47. The molecule has 6 rings (SSSR count). The Balaban J connectivity index is 1.15. The van der Waals surface area contributed by atoms with Crippen molar-refractivity contribution < 1.29 is 9.84 Å². The molecule has 1 unspecified atom stereocenters. The highest BCUT2D eigenvalue weighted by Crippen LogP contribution is 2.37. The highest BCUT2D eigenvalue weighted by molar-refractivity contribution is 6.30. The molecule has 5 aromatic rings. The molecule has 1 fully saturated rings. The second-order valence-electron chi connectivity index (χ2n) is 11.9. The molecule has 1 N–H and O–H groups in total. The van der Waals surface area contributed by atoms with Crippen LogP contribution in [0.2, 0.25) is 5.02 Å². The fourth-order valence-corrected chi connectivity index (χ4v) is 6.80. The van der Waals surface area contributed by atoms with Gasteiger partial charge in [0.05, 0.1) is 0 Å². The molecule has 3 nitrogen and oxygen atoms in total. The number of aryl methyl sites for hydroxylation is 1. The van der Waals surface area contributed by atoms with Gasteiger partial charge in [-0.1, -0.05) is 126 Å². The second-order valence-corrected chi connectivity index (χ2v) is 12.4. The normalized spacial score (nSPS) is 16.6. The van der Waals surface area contributed by atoms with E-state index in [2.05, 4.69) is 72.5 Å². The Labute approximate surface area is 266 Å². The van der Waals surface area contributed by atoms with Gasteiger partial charge in [-0.15, -0.1) is 0 Å². The molecule has 0 bridgehead atoms. The summed E-state index contributed by atoms with van der Waals surface area (Å²) in [6.07, 6.45) is 2.81. The molecule has 0 spiro atoms. The smallest absolute Gasteiger partial charge is 0.119 e. The summed E-state index contributed by atoms with van der Waals surface area (Å²) < 4.78 is 6.29. The van der Waals surface area contributed by atoms with E-state index in [0.29, 0.717) is 30.0 Å². The molecule has 1 saturated heterocycles. The molecule has 1 aliphatic rings. The van der Waals surface area contributed by atoms with Crippen molar-refractivity contribution in [1.29, 1.82) is 0 Å². The SMILES string of the molecule is Cc1ccc(C(O)(Cc2ccc(Cl)cc2)c2ccc(OCCN3CCC[C@H]3C(c3ccccc3)c3ccccc3)cc2)cc1. The molecule has 0 radical (unpaired) electrons. The number of nitrogens with zero attached hydrogens (tertiary/aromatic N) is 1. The van der Waals surface area contributed by atoms with Crippen molar-refractivity contribution in [1.82, 2.24) is 4.90 Å². The van der Waals surface area contributed by atoms with Gasteiger partial charge in [0.25, 0.3) is 0 Å².